The molecule has 244 valence electrons. The second kappa shape index (κ2) is 12.0. The molecule has 3 fully saturated rings. The molecule has 45 heavy (non-hydrogen) atoms. The Kier molecular flexibility index (Phi) is 8.52. The molecular formula is C33H46N5O6P. The van der Waals surface area contributed by atoms with Gasteiger partial charge in [0.1, 0.15) is 35.3 Å². The standard InChI is InChI=1S/C33H46N5O6P/c1-22(30(39)42-26-18-33(19-26)15-6-7-16-33)37-45(40,44-24-10-8-23(9-11-24)31(2,3)4)41-20-25-14-17-32(5,43-25)28-13-12-27-29(34)35-21-36-38(27)28/h8-13,21-22,25-26H,6-7,14-20H2,1-5H3,(H,37,40)(H2,34,35,36)/t22-,25-,32+,45?/m0/s1. The Balaban J connectivity index is 1.13. The van der Waals surface area contributed by atoms with Crippen LogP contribution in [0.5, 0.6) is 5.75 Å². The second-order valence-electron chi connectivity index (χ2n) is 14.4. The molecule has 2 aromatic heterocycles. The van der Waals surface area contributed by atoms with E-state index in [9.17, 15) is 9.36 Å². The molecule has 4 atom stereocenters. The molecule has 0 radical (unpaired) electrons. The van der Waals surface area contributed by atoms with Crippen LogP contribution in [0.2, 0.25) is 0 Å². The number of hydrogen-bond acceptors (Lipinski definition) is 9. The normalized spacial score (nSPS) is 25.2. The van der Waals surface area contributed by atoms with Gasteiger partial charge in [-0.2, -0.15) is 10.2 Å². The summed E-state index contributed by atoms with van der Waals surface area (Å²) in [6.07, 6.45) is 9.04. The van der Waals surface area contributed by atoms with Crippen molar-refractivity contribution in [1.82, 2.24) is 19.7 Å². The van der Waals surface area contributed by atoms with E-state index in [4.69, 9.17) is 24.3 Å². The number of hydrogen-bond donors (Lipinski definition) is 2. The molecule has 3 aliphatic rings. The van der Waals surface area contributed by atoms with Gasteiger partial charge in [0.05, 0.1) is 18.4 Å². The summed E-state index contributed by atoms with van der Waals surface area (Å²) in [4.78, 5) is 17.1. The van der Waals surface area contributed by atoms with Gasteiger partial charge < -0.3 is 19.7 Å². The molecule has 1 saturated heterocycles. The van der Waals surface area contributed by atoms with Crippen LogP contribution in [0.15, 0.2) is 42.7 Å². The second-order valence-corrected chi connectivity index (χ2v) is 16.0. The number of nitrogens with zero attached hydrogens (tertiary/aromatic N) is 3. The van der Waals surface area contributed by atoms with Gasteiger partial charge in [-0.15, -0.1) is 0 Å². The summed E-state index contributed by atoms with van der Waals surface area (Å²) < 4.78 is 40.3. The third-order valence-electron chi connectivity index (χ3n) is 9.74. The van der Waals surface area contributed by atoms with Crippen molar-refractivity contribution in [1.29, 1.82) is 0 Å². The summed E-state index contributed by atoms with van der Waals surface area (Å²) in [5.74, 6) is 0.297. The average molecular weight is 640 g/mol. The quantitative estimate of drug-likeness (QED) is 0.188. The Labute approximate surface area is 265 Å². The fraction of sp³-hybridized carbons (Fsp3) is 0.606. The van der Waals surface area contributed by atoms with Gasteiger partial charge in [0.2, 0.25) is 0 Å². The first-order valence-electron chi connectivity index (χ1n) is 16.1. The lowest BCUT2D eigenvalue weighted by Gasteiger charge is -2.44. The fourth-order valence-electron chi connectivity index (χ4n) is 7.09. The highest BCUT2D eigenvalue weighted by atomic mass is 31.2. The van der Waals surface area contributed by atoms with Crippen molar-refractivity contribution in [3.05, 3.63) is 54.0 Å². The molecule has 1 spiro atoms. The SMILES string of the molecule is C[C@H](NP(=O)(OC[C@@H]1CC[C@](C)(c2ccc3c(N)ncnn23)O1)Oc1ccc(C(C)(C)C)cc1)C(=O)OC1CC2(CCCC2)C1. The molecule has 3 aromatic rings. The van der Waals surface area contributed by atoms with E-state index in [0.29, 0.717) is 35.3 Å². The van der Waals surface area contributed by atoms with Crippen molar-refractivity contribution in [2.45, 2.75) is 115 Å². The summed E-state index contributed by atoms with van der Waals surface area (Å²) in [5.41, 5.74) is 8.33. The van der Waals surface area contributed by atoms with Gasteiger partial charge in [0.25, 0.3) is 0 Å². The Morgan fingerprint density at radius 2 is 1.87 bits per heavy atom. The zero-order valence-corrected chi connectivity index (χ0v) is 27.8. The van der Waals surface area contributed by atoms with E-state index in [1.807, 2.05) is 31.2 Å². The first-order valence-corrected chi connectivity index (χ1v) is 17.6. The van der Waals surface area contributed by atoms with Gasteiger partial charge in [0.15, 0.2) is 5.82 Å². The van der Waals surface area contributed by atoms with E-state index in [1.54, 1.807) is 23.6 Å². The molecule has 2 saturated carbocycles. The summed E-state index contributed by atoms with van der Waals surface area (Å²) in [5, 5.41) is 7.22. The van der Waals surface area contributed by atoms with Crippen molar-refractivity contribution in [3.8, 4) is 5.75 Å². The Hall–Kier alpha value is -2.98. The maximum atomic E-state index is 14.3. The van der Waals surface area contributed by atoms with Gasteiger partial charge in [-0.3, -0.25) is 9.32 Å². The van der Waals surface area contributed by atoms with Gasteiger partial charge >= 0.3 is 13.7 Å². The number of ether oxygens (including phenoxy) is 2. The Morgan fingerprint density at radius 1 is 1.16 bits per heavy atom. The highest BCUT2D eigenvalue weighted by Crippen LogP contribution is 2.54. The number of carbonyl (C=O) groups excluding carboxylic acids is 1. The number of esters is 1. The highest BCUT2D eigenvalue weighted by Gasteiger charge is 2.48. The predicted molar refractivity (Wildman–Crippen MR) is 171 cm³/mol. The summed E-state index contributed by atoms with van der Waals surface area (Å²) in [6.45, 7) is 9.98. The zero-order valence-electron chi connectivity index (χ0n) is 27.0. The average Bonchev–Trinajstić information content (AvgIpc) is 3.71. The van der Waals surface area contributed by atoms with E-state index in [0.717, 1.165) is 24.1 Å². The van der Waals surface area contributed by atoms with Crippen molar-refractivity contribution in [2.75, 3.05) is 12.3 Å². The number of rotatable bonds is 10. The number of benzene rings is 1. The molecule has 1 unspecified atom stereocenters. The van der Waals surface area contributed by atoms with Crippen LogP contribution >= 0.6 is 7.75 Å². The first-order chi connectivity index (χ1) is 21.3. The summed E-state index contributed by atoms with van der Waals surface area (Å²) in [7, 11) is -4.04. The van der Waals surface area contributed by atoms with E-state index in [1.165, 1.54) is 32.0 Å². The van der Waals surface area contributed by atoms with Crippen LogP contribution in [-0.2, 0) is 34.4 Å². The summed E-state index contributed by atoms with van der Waals surface area (Å²) in [6, 6.07) is 10.3. The fourth-order valence-corrected chi connectivity index (χ4v) is 8.61. The highest BCUT2D eigenvalue weighted by molar-refractivity contribution is 7.52. The largest absolute Gasteiger partial charge is 0.461 e. The number of aromatic nitrogens is 3. The van der Waals surface area contributed by atoms with Crippen molar-refractivity contribution in [2.24, 2.45) is 5.41 Å². The monoisotopic (exact) mass is 639 g/mol. The molecule has 1 aliphatic heterocycles. The van der Waals surface area contributed by atoms with Gasteiger partial charge in [-0.1, -0.05) is 45.7 Å². The maximum Gasteiger partial charge on any atom is 0.459 e. The minimum atomic E-state index is -4.04. The molecule has 0 amide bonds. The third-order valence-corrected chi connectivity index (χ3v) is 11.4. The lowest BCUT2D eigenvalue weighted by Crippen LogP contribution is -2.45. The maximum absolute atomic E-state index is 14.3. The van der Waals surface area contributed by atoms with Crippen LogP contribution < -0.4 is 15.3 Å². The number of anilines is 1. The third kappa shape index (κ3) is 6.77. The van der Waals surface area contributed by atoms with E-state index in [2.05, 4.69) is 35.9 Å². The molecule has 3 heterocycles. The van der Waals surface area contributed by atoms with Gasteiger partial charge in [0, 0.05) is 0 Å². The summed E-state index contributed by atoms with van der Waals surface area (Å²) >= 11 is 0. The van der Waals surface area contributed by atoms with E-state index in [-0.39, 0.29) is 24.2 Å². The molecule has 12 heteroatoms. The minimum Gasteiger partial charge on any atom is -0.461 e. The van der Waals surface area contributed by atoms with Crippen LogP contribution in [0, 0.1) is 5.41 Å². The number of carbonyl (C=O) groups is 1. The van der Waals surface area contributed by atoms with Crippen LogP contribution in [-0.4, -0.2) is 45.4 Å². The van der Waals surface area contributed by atoms with Crippen LogP contribution in [0.1, 0.15) is 97.2 Å². The molecule has 11 nitrogen and oxygen atoms in total. The lowest BCUT2D eigenvalue weighted by atomic mass is 9.65. The van der Waals surface area contributed by atoms with Crippen LogP contribution in [0.4, 0.5) is 5.82 Å². The van der Waals surface area contributed by atoms with Crippen LogP contribution in [0.3, 0.4) is 0 Å². The predicted octanol–water partition coefficient (Wildman–Crippen LogP) is 6.45. The van der Waals surface area contributed by atoms with Crippen molar-refractivity contribution >= 4 is 25.1 Å². The minimum absolute atomic E-state index is 0.00666. The molecule has 1 aromatic carbocycles. The Morgan fingerprint density at radius 3 is 2.56 bits per heavy atom. The lowest BCUT2D eigenvalue weighted by molar-refractivity contribution is -0.162. The Bertz CT molecular complexity index is 1570. The zero-order chi connectivity index (χ0) is 32.0. The molecule has 2 aliphatic carbocycles. The number of nitrogens with one attached hydrogen (secondary N) is 1. The van der Waals surface area contributed by atoms with E-state index < -0.39 is 25.4 Å². The molecular weight excluding hydrogens is 593 g/mol. The number of nitrogen functional groups attached to an aromatic ring is 1. The van der Waals surface area contributed by atoms with Gasteiger partial charge in [-0.25, -0.2) is 14.1 Å². The van der Waals surface area contributed by atoms with Crippen molar-refractivity contribution < 1.29 is 27.9 Å². The topological polar surface area (TPSA) is 139 Å². The number of nitrogens with two attached hydrogens (primary N) is 1. The van der Waals surface area contributed by atoms with Crippen LogP contribution in [0.25, 0.3) is 5.52 Å². The first kappa shape index (κ1) is 32.0. The van der Waals surface area contributed by atoms with E-state index >= 15 is 0 Å². The van der Waals surface area contributed by atoms with Crippen molar-refractivity contribution in [3.63, 3.8) is 0 Å². The molecule has 0 bridgehead atoms. The smallest absolute Gasteiger partial charge is 0.459 e. The molecule has 3 N–H and O–H groups in total. The number of fused-ring (bicyclic) bond motifs is 1. The van der Waals surface area contributed by atoms with Gasteiger partial charge in [-0.05, 0) is 93.0 Å². The molecule has 6 rings (SSSR count).